The number of nitrogens with zero attached hydrogens (tertiary/aromatic N) is 5. The minimum absolute atomic E-state index is 0.475. The molecule has 0 saturated carbocycles. The van der Waals surface area contributed by atoms with E-state index in [1.54, 1.807) is 30.4 Å². The maximum absolute atomic E-state index is 6.38. The second-order valence-electron chi connectivity index (χ2n) is 6.04. The molecule has 0 amide bonds. The van der Waals surface area contributed by atoms with Crippen LogP contribution in [0.3, 0.4) is 0 Å². The number of thioether (sulfide) groups is 1. The zero-order valence-electron chi connectivity index (χ0n) is 14.9. The molecule has 1 aromatic carbocycles. The van der Waals surface area contributed by atoms with Gasteiger partial charge in [0.05, 0.1) is 5.69 Å². The quantitative estimate of drug-likeness (QED) is 0.305. The summed E-state index contributed by atoms with van der Waals surface area (Å²) < 4.78 is 2.03. The van der Waals surface area contributed by atoms with Crippen LogP contribution in [0.1, 0.15) is 11.1 Å². The first kappa shape index (κ1) is 18.9. The average molecular weight is 428 g/mol. The Hall–Kier alpha value is -2.41. The van der Waals surface area contributed by atoms with E-state index in [0.717, 1.165) is 33.4 Å². The molecule has 0 saturated heterocycles. The molecule has 0 aliphatic rings. The number of rotatable bonds is 5. The highest BCUT2D eigenvalue weighted by atomic mass is 35.5. The van der Waals surface area contributed by atoms with E-state index in [2.05, 4.69) is 20.2 Å². The topological polar surface area (TPSA) is 56.5 Å². The third kappa shape index (κ3) is 3.90. The molecule has 28 heavy (non-hydrogen) atoms. The van der Waals surface area contributed by atoms with Crippen molar-refractivity contribution < 1.29 is 0 Å². The van der Waals surface area contributed by atoms with Crippen molar-refractivity contribution in [2.24, 2.45) is 0 Å². The van der Waals surface area contributed by atoms with Gasteiger partial charge in [-0.3, -0.25) is 9.55 Å². The molecular formula is C20H15Cl2N5S. The van der Waals surface area contributed by atoms with E-state index in [1.807, 2.05) is 54.0 Å². The molecule has 0 spiro atoms. The first-order chi connectivity index (χ1) is 13.6. The van der Waals surface area contributed by atoms with Crippen LogP contribution in [-0.4, -0.2) is 24.7 Å². The Morgan fingerprint density at radius 1 is 1.00 bits per heavy atom. The summed E-state index contributed by atoms with van der Waals surface area (Å²) in [6, 6.07) is 13.4. The molecule has 3 aromatic heterocycles. The van der Waals surface area contributed by atoms with E-state index in [4.69, 9.17) is 23.2 Å². The predicted octanol–water partition coefficient (Wildman–Crippen LogP) is 5.63. The molecule has 0 radical (unpaired) electrons. The summed E-state index contributed by atoms with van der Waals surface area (Å²) in [4.78, 5) is 8.12. The fourth-order valence-electron chi connectivity index (χ4n) is 2.79. The van der Waals surface area contributed by atoms with Gasteiger partial charge in [-0.25, -0.2) is 4.98 Å². The molecule has 0 fully saturated rings. The van der Waals surface area contributed by atoms with Crippen LogP contribution in [0.15, 0.2) is 66.2 Å². The van der Waals surface area contributed by atoms with Gasteiger partial charge in [0.25, 0.3) is 0 Å². The first-order valence-corrected chi connectivity index (χ1v) is 10.2. The lowest BCUT2D eigenvalue weighted by atomic mass is 10.2. The van der Waals surface area contributed by atoms with Crippen molar-refractivity contribution in [3.05, 3.63) is 82.4 Å². The van der Waals surface area contributed by atoms with Gasteiger partial charge >= 0.3 is 0 Å². The van der Waals surface area contributed by atoms with E-state index in [9.17, 15) is 0 Å². The normalized spacial score (nSPS) is 11.0. The first-order valence-electron chi connectivity index (χ1n) is 8.48. The molecule has 0 atom stereocenters. The Kier molecular flexibility index (Phi) is 5.62. The SMILES string of the molecule is Cc1c(Cl)cccc1-n1c(SCc2ccnc(Cl)c2)nnc1-c1ccncc1. The number of pyridine rings is 2. The van der Waals surface area contributed by atoms with Crippen molar-refractivity contribution in [1.29, 1.82) is 0 Å². The Balaban J connectivity index is 1.78. The molecule has 3 heterocycles. The highest BCUT2D eigenvalue weighted by Gasteiger charge is 2.18. The molecule has 0 aliphatic carbocycles. The van der Waals surface area contributed by atoms with Crippen molar-refractivity contribution in [2.75, 3.05) is 0 Å². The second-order valence-corrected chi connectivity index (χ2v) is 7.77. The Bertz CT molecular complexity index is 1110. The van der Waals surface area contributed by atoms with Crippen LogP contribution in [0.5, 0.6) is 0 Å². The van der Waals surface area contributed by atoms with Gasteiger partial charge in [-0.05, 0) is 54.4 Å². The average Bonchev–Trinajstić information content (AvgIpc) is 3.13. The minimum atomic E-state index is 0.475. The summed E-state index contributed by atoms with van der Waals surface area (Å²) in [5.41, 5.74) is 3.90. The maximum Gasteiger partial charge on any atom is 0.196 e. The van der Waals surface area contributed by atoms with Crippen LogP contribution in [0.4, 0.5) is 0 Å². The lowest BCUT2D eigenvalue weighted by Gasteiger charge is -2.14. The lowest BCUT2D eigenvalue weighted by molar-refractivity contribution is 0.880. The molecule has 0 unspecified atom stereocenters. The molecule has 4 aromatic rings. The maximum atomic E-state index is 6.38. The fraction of sp³-hybridized carbons (Fsp3) is 0.100. The Morgan fingerprint density at radius 2 is 1.82 bits per heavy atom. The van der Waals surface area contributed by atoms with Crippen molar-refractivity contribution >= 4 is 35.0 Å². The van der Waals surface area contributed by atoms with Gasteiger partial charge < -0.3 is 0 Å². The summed E-state index contributed by atoms with van der Waals surface area (Å²) in [6.07, 6.45) is 5.18. The van der Waals surface area contributed by atoms with Gasteiger partial charge in [0.1, 0.15) is 5.15 Å². The molecule has 0 aliphatic heterocycles. The molecular weight excluding hydrogens is 413 g/mol. The zero-order chi connectivity index (χ0) is 19.5. The van der Waals surface area contributed by atoms with Gasteiger partial charge in [-0.2, -0.15) is 0 Å². The van der Waals surface area contributed by atoms with Crippen molar-refractivity contribution in [3.63, 3.8) is 0 Å². The zero-order valence-corrected chi connectivity index (χ0v) is 17.2. The van der Waals surface area contributed by atoms with Crippen molar-refractivity contribution in [1.82, 2.24) is 24.7 Å². The molecule has 8 heteroatoms. The largest absolute Gasteiger partial charge is 0.270 e. The highest BCUT2D eigenvalue weighted by molar-refractivity contribution is 7.98. The lowest BCUT2D eigenvalue weighted by Crippen LogP contribution is -2.02. The van der Waals surface area contributed by atoms with Gasteiger partial charge in [0.2, 0.25) is 0 Å². The number of hydrogen-bond acceptors (Lipinski definition) is 5. The van der Waals surface area contributed by atoms with Gasteiger partial charge in [0, 0.05) is 34.9 Å². The standard InChI is InChI=1S/C20H15Cl2N5S/c1-13-16(21)3-2-4-17(13)27-19(15-6-8-23-9-7-15)25-26-20(27)28-12-14-5-10-24-18(22)11-14/h2-11H,12H2,1H3. The number of hydrogen-bond donors (Lipinski definition) is 0. The number of aromatic nitrogens is 5. The Labute approximate surface area is 176 Å². The smallest absolute Gasteiger partial charge is 0.196 e. The van der Waals surface area contributed by atoms with E-state index in [0.29, 0.717) is 15.9 Å². The molecule has 5 nitrogen and oxygen atoms in total. The van der Waals surface area contributed by atoms with E-state index < -0.39 is 0 Å². The number of benzene rings is 1. The highest BCUT2D eigenvalue weighted by Crippen LogP contribution is 2.32. The van der Waals surface area contributed by atoms with Gasteiger partial charge in [-0.1, -0.05) is 41.0 Å². The van der Waals surface area contributed by atoms with Crippen LogP contribution >= 0.6 is 35.0 Å². The third-order valence-corrected chi connectivity index (χ3v) is 5.83. The summed E-state index contributed by atoms with van der Waals surface area (Å²) in [6.45, 7) is 1.99. The molecule has 4 rings (SSSR count). The third-order valence-electron chi connectivity index (χ3n) is 4.21. The molecule has 0 bridgehead atoms. The van der Waals surface area contributed by atoms with Crippen molar-refractivity contribution in [2.45, 2.75) is 17.8 Å². The van der Waals surface area contributed by atoms with Gasteiger partial charge in [-0.15, -0.1) is 10.2 Å². The van der Waals surface area contributed by atoms with Crippen LogP contribution in [0, 0.1) is 6.92 Å². The van der Waals surface area contributed by atoms with E-state index in [-0.39, 0.29) is 0 Å². The summed E-state index contributed by atoms with van der Waals surface area (Å²) in [7, 11) is 0. The minimum Gasteiger partial charge on any atom is -0.270 e. The van der Waals surface area contributed by atoms with Crippen LogP contribution in [0.2, 0.25) is 10.2 Å². The van der Waals surface area contributed by atoms with Crippen LogP contribution in [0.25, 0.3) is 17.1 Å². The monoisotopic (exact) mass is 427 g/mol. The van der Waals surface area contributed by atoms with Crippen LogP contribution in [-0.2, 0) is 5.75 Å². The fourth-order valence-corrected chi connectivity index (χ4v) is 4.04. The summed E-state index contributed by atoms with van der Waals surface area (Å²) in [5.74, 6) is 1.43. The number of halogens is 2. The molecule has 140 valence electrons. The predicted molar refractivity (Wildman–Crippen MR) is 113 cm³/mol. The molecule has 0 N–H and O–H groups in total. The van der Waals surface area contributed by atoms with E-state index >= 15 is 0 Å². The summed E-state index contributed by atoms with van der Waals surface area (Å²) in [5, 5.41) is 10.8. The summed E-state index contributed by atoms with van der Waals surface area (Å²) >= 11 is 14.0. The Morgan fingerprint density at radius 3 is 2.61 bits per heavy atom. The van der Waals surface area contributed by atoms with Crippen molar-refractivity contribution in [3.8, 4) is 17.1 Å². The van der Waals surface area contributed by atoms with Crippen LogP contribution < -0.4 is 0 Å². The van der Waals surface area contributed by atoms with E-state index in [1.165, 1.54) is 0 Å². The van der Waals surface area contributed by atoms with Gasteiger partial charge in [0.15, 0.2) is 11.0 Å². The second kappa shape index (κ2) is 8.31.